The van der Waals surface area contributed by atoms with Crippen LogP contribution in [0, 0.1) is 0 Å². The van der Waals surface area contributed by atoms with Crippen molar-refractivity contribution >= 4 is 5.95 Å². The summed E-state index contributed by atoms with van der Waals surface area (Å²) in [6.07, 6.45) is 2.62. The van der Waals surface area contributed by atoms with Crippen LogP contribution in [0.15, 0.2) is 30.5 Å². The van der Waals surface area contributed by atoms with Gasteiger partial charge in [0, 0.05) is 5.56 Å². The van der Waals surface area contributed by atoms with Crippen LogP contribution in [0.1, 0.15) is 12.5 Å². The van der Waals surface area contributed by atoms with Gasteiger partial charge < -0.3 is 5.73 Å². The second-order valence-electron chi connectivity index (χ2n) is 3.25. The van der Waals surface area contributed by atoms with Crippen LogP contribution in [0.2, 0.25) is 0 Å². The average molecular weight is 200 g/mol. The number of hydrogen-bond donors (Lipinski definition) is 1. The second-order valence-corrected chi connectivity index (χ2v) is 3.25. The van der Waals surface area contributed by atoms with Crippen molar-refractivity contribution in [3.63, 3.8) is 0 Å². The summed E-state index contributed by atoms with van der Waals surface area (Å²) >= 11 is 0. The van der Waals surface area contributed by atoms with E-state index in [2.05, 4.69) is 34.2 Å². The van der Waals surface area contributed by atoms with E-state index < -0.39 is 0 Å². The number of hydrogen-bond acceptors (Lipinski definition) is 4. The van der Waals surface area contributed by atoms with Crippen LogP contribution < -0.4 is 5.73 Å². The van der Waals surface area contributed by atoms with Crippen LogP contribution >= 0.6 is 0 Å². The molecular weight excluding hydrogens is 188 g/mol. The van der Waals surface area contributed by atoms with Crippen LogP contribution in [-0.4, -0.2) is 15.2 Å². The Morgan fingerprint density at radius 3 is 2.93 bits per heavy atom. The number of nitrogen functional groups attached to an aromatic ring is 1. The Hall–Kier alpha value is -1.97. The number of aryl methyl sites for hydroxylation is 1. The number of anilines is 1. The molecule has 4 heteroatoms. The lowest BCUT2D eigenvalue weighted by atomic mass is 10.1. The molecule has 2 N–H and O–H groups in total. The summed E-state index contributed by atoms with van der Waals surface area (Å²) in [6.45, 7) is 2.12. The predicted octanol–water partition coefficient (Wildman–Crippen LogP) is 1.68. The number of aromatic nitrogens is 3. The Morgan fingerprint density at radius 1 is 1.33 bits per heavy atom. The Morgan fingerprint density at radius 2 is 2.20 bits per heavy atom. The lowest BCUT2D eigenvalue weighted by molar-refractivity contribution is 0.989. The zero-order valence-corrected chi connectivity index (χ0v) is 8.51. The Labute approximate surface area is 88.2 Å². The van der Waals surface area contributed by atoms with Crippen molar-refractivity contribution < 1.29 is 0 Å². The molecule has 0 amide bonds. The summed E-state index contributed by atoms with van der Waals surface area (Å²) in [7, 11) is 0. The van der Waals surface area contributed by atoms with Gasteiger partial charge in [0.1, 0.15) is 0 Å². The zero-order valence-electron chi connectivity index (χ0n) is 8.51. The number of benzene rings is 1. The van der Waals surface area contributed by atoms with Gasteiger partial charge in [0.2, 0.25) is 5.95 Å². The molecule has 1 aromatic carbocycles. The summed E-state index contributed by atoms with van der Waals surface area (Å²) < 4.78 is 0. The molecule has 0 unspecified atom stereocenters. The van der Waals surface area contributed by atoms with Gasteiger partial charge in [-0.05, 0) is 18.1 Å². The Bertz CT molecular complexity index is 468. The fraction of sp³-hybridized carbons (Fsp3) is 0.182. The van der Waals surface area contributed by atoms with Gasteiger partial charge in [-0.2, -0.15) is 5.10 Å². The number of nitrogens with two attached hydrogens (primary N) is 1. The van der Waals surface area contributed by atoms with Gasteiger partial charge in [0.15, 0.2) is 0 Å². The highest BCUT2D eigenvalue weighted by molar-refractivity contribution is 5.59. The predicted molar refractivity (Wildman–Crippen MR) is 59.1 cm³/mol. The first-order valence-electron chi connectivity index (χ1n) is 4.84. The third-order valence-corrected chi connectivity index (χ3v) is 2.21. The van der Waals surface area contributed by atoms with E-state index in [1.807, 2.05) is 12.1 Å². The minimum atomic E-state index is 0.203. The largest absolute Gasteiger partial charge is 0.366 e. The molecule has 2 aromatic rings. The normalized spacial score (nSPS) is 10.2. The molecule has 0 saturated heterocycles. The summed E-state index contributed by atoms with van der Waals surface area (Å²) in [5, 5.41) is 7.40. The highest BCUT2D eigenvalue weighted by Crippen LogP contribution is 2.17. The van der Waals surface area contributed by atoms with Gasteiger partial charge in [0.05, 0.1) is 11.9 Å². The van der Waals surface area contributed by atoms with Crippen molar-refractivity contribution in [1.29, 1.82) is 0 Å². The number of nitrogens with zero attached hydrogens (tertiary/aromatic N) is 3. The summed E-state index contributed by atoms with van der Waals surface area (Å²) in [6, 6.07) is 8.17. The van der Waals surface area contributed by atoms with Gasteiger partial charge in [0.25, 0.3) is 0 Å². The first-order valence-corrected chi connectivity index (χ1v) is 4.84. The smallest absolute Gasteiger partial charge is 0.240 e. The minimum absolute atomic E-state index is 0.203. The standard InChI is InChI=1S/C11H12N4/c1-2-8-4-3-5-9(6-8)10-7-13-15-11(12)14-10/h3-7H,2H2,1H3,(H2,12,14,15). The third-order valence-electron chi connectivity index (χ3n) is 2.21. The maximum absolute atomic E-state index is 5.48. The van der Waals surface area contributed by atoms with Gasteiger partial charge >= 0.3 is 0 Å². The molecule has 2 rings (SSSR count). The molecule has 4 nitrogen and oxygen atoms in total. The molecular formula is C11H12N4. The lowest BCUT2D eigenvalue weighted by Gasteiger charge is -2.02. The molecule has 0 bridgehead atoms. The lowest BCUT2D eigenvalue weighted by Crippen LogP contribution is -1.98. The summed E-state index contributed by atoms with van der Waals surface area (Å²) in [4.78, 5) is 4.12. The molecule has 0 saturated carbocycles. The molecule has 0 aliphatic rings. The van der Waals surface area contributed by atoms with Crippen LogP contribution in [-0.2, 0) is 6.42 Å². The van der Waals surface area contributed by atoms with E-state index in [1.54, 1.807) is 6.20 Å². The van der Waals surface area contributed by atoms with E-state index in [-0.39, 0.29) is 5.95 Å². The minimum Gasteiger partial charge on any atom is -0.366 e. The molecule has 0 fully saturated rings. The highest BCUT2D eigenvalue weighted by atomic mass is 15.2. The van der Waals surface area contributed by atoms with Crippen LogP contribution in [0.3, 0.4) is 0 Å². The van der Waals surface area contributed by atoms with Gasteiger partial charge in [-0.1, -0.05) is 25.1 Å². The van der Waals surface area contributed by atoms with Crippen molar-refractivity contribution in [3.8, 4) is 11.3 Å². The fourth-order valence-corrected chi connectivity index (χ4v) is 1.41. The molecule has 0 aliphatic carbocycles. The van der Waals surface area contributed by atoms with Crippen molar-refractivity contribution in [2.45, 2.75) is 13.3 Å². The van der Waals surface area contributed by atoms with E-state index >= 15 is 0 Å². The SMILES string of the molecule is CCc1cccc(-c2cnnc(N)n2)c1. The van der Waals surface area contributed by atoms with Crippen molar-refractivity contribution in [2.75, 3.05) is 5.73 Å². The maximum atomic E-state index is 5.48. The molecule has 1 aromatic heterocycles. The van der Waals surface area contributed by atoms with Crippen LogP contribution in [0.5, 0.6) is 0 Å². The van der Waals surface area contributed by atoms with E-state index in [9.17, 15) is 0 Å². The van der Waals surface area contributed by atoms with Crippen molar-refractivity contribution in [3.05, 3.63) is 36.0 Å². The highest BCUT2D eigenvalue weighted by Gasteiger charge is 2.01. The van der Waals surface area contributed by atoms with E-state index in [0.29, 0.717) is 0 Å². The third kappa shape index (κ3) is 2.10. The molecule has 0 aliphatic heterocycles. The van der Waals surface area contributed by atoms with Gasteiger partial charge in [-0.3, -0.25) is 0 Å². The molecule has 1 heterocycles. The summed E-state index contributed by atoms with van der Waals surface area (Å²) in [5.41, 5.74) is 8.54. The zero-order chi connectivity index (χ0) is 10.7. The second kappa shape index (κ2) is 4.04. The Kier molecular flexibility index (Phi) is 2.58. The summed E-state index contributed by atoms with van der Waals surface area (Å²) in [5.74, 6) is 0.203. The van der Waals surface area contributed by atoms with E-state index in [4.69, 9.17) is 5.73 Å². The maximum Gasteiger partial charge on any atom is 0.240 e. The molecule has 0 radical (unpaired) electrons. The van der Waals surface area contributed by atoms with Gasteiger partial charge in [-0.15, -0.1) is 5.10 Å². The topological polar surface area (TPSA) is 64.7 Å². The first kappa shape index (κ1) is 9.58. The van der Waals surface area contributed by atoms with Crippen LogP contribution in [0.4, 0.5) is 5.95 Å². The van der Waals surface area contributed by atoms with Crippen molar-refractivity contribution in [2.24, 2.45) is 0 Å². The number of rotatable bonds is 2. The van der Waals surface area contributed by atoms with Crippen LogP contribution in [0.25, 0.3) is 11.3 Å². The van der Waals surface area contributed by atoms with E-state index in [0.717, 1.165) is 17.7 Å². The van der Waals surface area contributed by atoms with Gasteiger partial charge in [-0.25, -0.2) is 4.98 Å². The van der Waals surface area contributed by atoms with Crippen molar-refractivity contribution in [1.82, 2.24) is 15.2 Å². The van der Waals surface area contributed by atoms with E-state index in [1.165, 1.54) is 5.56 Å². The molecule has 0 atom stereocenters. The fourth-order valence-electron chi connectivity index (χ4n) is 1.41. The average Bonchev–Trinajstić information content (AvgIpc) is 2.29. The molecule has 0 spiro atoms. The first-order chi connectivity index (χ1) is 7.29. The Balaban J connectivity index is 2.44. The molecule has 15 heavy (non-hydrogen) atoms. The molecule has 76 valence electrons. The quantitative estimate of drug-likeness (QED) is 0.801. The monoisotopic (exact) mass is 200 g/mol.